The lowest BCUT2D eigenvalue weighted by atomic mass is 10.0. The van der Waals surface area contributed by atoms with E-state index in [1.807, 2.05) is 0 Å². The standard InChI is InChI=1S/C14H10F3NO5/c15-14(16,17)8-4-5-11(12(6-8)18(21)22)13(20)23-10-3-1-2-9(19)7-10/h4-7H,1-3H2. The van der Waals surface area contributed by atoms with E-state index in [2.05, 4.69) is 0 Å². The highest BCUT2D eigenvalue weighted by Crippen LogP contribution is 2.33. The van der Waals surface area contributed by atoms with Crippen LogP contribution in [0.5, 0.6) is 0 Å². The van der Waals surface area contributed by atoms with Crippen molar-refractivity contribution >= 4 is 17.4 Å². The Labute approximate surface area is 127 Å². The number of hydrogen-bond donors (Lipinski definition) is 0. The van der Waals surface area contributed by atoms with Gasteiger partial charge in [0.25, 0.3) is 5.69 Å². The third-order valence-corrected chi connectivity index (χ3v) is 3.13. The average Bonchev–Trinajstić information content (AvgIpc) is 2.45. The number of benzene rings is 1. The van der Waals surface area contributed by atoms with E-state index < -0.39 is 33.9 Å². The number of nitro groups is 1. The zero-order chi connectivity index (χ0) is 17.2. The van der Waals surface area contributed by atoms with Crippen LogP contribution in [0, 0.1) is 10.1 Å². The highest BCUT2D eigenvalue weighted by molar-refractivity contribution is 5.96. The van der Waals surface area contributed by atoms with Crippen molar-refractivity contribution in [1.82, 2.24) is 0 Å². The van der Waals surface area contributed by atoms with Crippen LogP contribution in [0.2, 0.25) is 0 Å². The number of carbonyl (C=O) groups excluding carboxylic acids is 2. The summed E-state index contributed by atoms with van der Waals surface area (Å²) in [5.74, 6) is -1.38. The van der Waals surface area contributed by atoms with Gasteiger partial charge in [0.05, 0.1) is 10.5 Å². The number of hydrogen-bond acceptors (Lipinski definition) is 5. The second-order valence-corrected chi connectivity index (χ2v) is 4.81. The maximum absolute atomic E-state index is 12.6. The van der Waals surface area contributed by atoms with Crippen LogP contribution in [0.3, 0.4) is 0 Å². The van der Waals surface area contributed by atoms with Crippen molar-refractivity contribution in [2.24, 2.45) is 0 Å². The molecule has 2 rings (SSSR count). The van der Waals surface area contributed by atoms with Crippen molar-refractivity contribution in [3.8, 4) is 0 Å². The smallest absolute Gasteiger partial charge is 0.416 e. The van der Waals surface area contributed by atoms with Crippen molar-refractivity contribution < 1.29 is 32.4 Å². The van der Waals surface area contributed by atoms with E-state index in [-0.39, 0.29) is 17.6 Å². The Balaban J connectivity index is 2.33. The molecule has 9 heteroatoms. The summed E-state index contributed by atoms with van der Waals surface area (Å²) in [6.45, 7) is 0. The second kappa shape index (κ2) is 6.19. The van der Waals surface area contributed by atoms with Crippen molar-refractivity contribution in [3.63, 3.8) is 0 Å². The molecule has 0 amide bonds. The van der Waals surface area contributed by atoms with Crippen LogP contribution in [-0.2, 0) is 15.7 Å². The molecule has 0 radical (unpaired) electrons. The Morgan fingerprint density at radius 2 is 1.96 bits per heavy atom. The SMILES string of the molecule is O=C1C=C(OC(=O)c2ccc(C(F)(F)F)cc2[N+](=O)[O-])CCC1. The number of ketones is 1. The zero-order valence-electron chi connectivity index (χ0n) is 11.6. The van der Waals surface area contributed by atoms with Crippen molar-refractivity contribution in [2.75, 3.05) is 0 Å². The Morgan fingerprint density at radius 3 is 2.52 bits per heavy atom. The minimum atomic E-state index is -4.77. The summed E-state index contributed by atoms with van der Waals surface area (Å²) in [7, 11) is 0. The molecule has 1 aliphatic rings. The van der Waals surface area contributed by atoms with Crippen LogP contribution >= 0.6 is 0 Å². The molecule has 0 saturated carbocycles. The van der Waals surface area contributed by atoms with Crippen LogP contribution in [0.15, 0.2) is 30.0 Å². The molecule has 23 heavy (non-hydrogen) atoms. The van der Waals surface area contributed by atoms with Gasteiger partial charge in [-0.15, -0.1) is 0 Å². The van der Waals surface area contributed by atoms with Gasteiger partial charge in [0, 0.05) is 25.0 Å². The lowest BCUT2D eigenvalue weighted by Crippen LogP contribution is -2.13. The molecule has 1 aromatic carbocycles. The maximum Gasteiger partial charge on any atom is 0.416 e. The average molecular weight is 329 g/mol. The van der Waals surface area contributed by atoms with E-state index in [0.717, 1.165) is 6.08 Å². The van der Waals surface area contributed by atoms with Gasteiger partial charge in [-0.05, 0) is 18.6 Å². The summed E-state index contributed by atoms with van der Waals surface area (Å²) < 4.78 is 42.7. The van der Waals surface area contributed by atoms with Gasteiger partial charge in [0.2, 0.25) is 0 Å². The number of alkyl halides is 3. The van der Waals surface area contributed by atoms with Crippen molar-refractivity contribution in [2.45, 2.75) is 25.4 Å². The fraction of sp³-hybridized carbons (Fsp3) is 0.286. The van der Waals surface area contributed by atoms with Gasteiger partial charge in [-0.1, -0.05) is 0 Å². The molecule has 0 unspecified atom stereocenters. The fourth-order valence-electron chi connectivity index (χ4n) is 2.05. The molecule has 0 saturated heterocycles. The van der Waals surface area contributed by atoms with Gasteiger partial charge in [-0.25, -0.2) is 4.79 Å². The van der Waals surface area contributed by atoms with Gasteiger partial charge in [0.15, 0.2) is 5.78 Å². The molecular formula is C14H10F3NO5. The van der Waals surface area contributed by atoms with E-state index in [4.69, 9.17) is 4.74 Å². The van der Waals surface area contributed by atoms with Gasteiger partial charge < -0.3 is 4.74 Å². The number of halogens is 3. The molecule has 0 fully saturated rings. The summed E-state index contributed by atoms with van der Waals surface area (Å²) in [5, 5.41) is 10.9. The highest BCUT2D eigenvalue weighted by atomic mass is 19.4. The number of allylic oxidation sites excluding steroid dienone is 2. The maximum atomic E-state index is 12.6. The Bertz CT molecular complexity index is 709. The summed E-state index contributed by atoms with van der Waals surface area (Å²) in [4.78, 5) is 33.0. The van der Waals surface area contributed by atoms with Crippen LogP contribution in [0.4, 0.5) is 18.9 Å². The van der Waals surface area contributed by atoms with Gasteiger partial charge >= 0.3 is 12.1 Å². The molecule has 0 spiro atoms. The normalized spacial score (nSPS) is 15.1. The first-order chi connectivity index (χ1) is 10.7. The first kappa shape index (κ1) is 16.7. The van der Waals surface area contributed by atoms with E-state index >= 15 is 0 Å². The molecule has 0 bridgehead atoms. The van der Waals surface area contributed by atoms with Crippen LogP contribution in [-0.4, -0.2) is 16.7 Å². The van der Waals surface area contributed by atoms with E-state index in [1.54, 1.807) is 0 Å². The largest absolute Gasteiger partial charge is 0.427 e. The Kier molecular flexibility index (Phi) is 4.48. The molecule has 0 atom stereocenters. The van der Waals surface area contributed by atoms with Gasteiger partial charge in [-0.3, -0.25) is 14.9 Å². The second-order valence-electron chi connectivity index (χ2n) is 4.81. The van der Waals surface area contributed by atoms with E-state index in [0.29, 0.717) is 31.4 Å². The lowest BCUT2D eigenvalue weighted by molar-refractivity contribution is -0.385. The third kappa shape index (κ3) is 3.93. The third-order valence-electron chi connectivity index (χ3n) is 3.13. The molecule has 0 heterocycles. The lowest BCUT2D eigenvalue weighted by Gasteiger charge is -2.13. The number of nitrogens with zero attached hydrogens (tertiary/aromatic N) is 1. The van der Waals surface area contributed by atoms with E-state index in [1.165, 1.54) is 0 Å². The van der Waals surface area contributed by atoms with Gasteiger partial charge in [-0.2, -0.15) is 13.2 Å². The molecule has 122 valence electrons. The molecule has 1 aliphatic carbocycles. The molecule has 0 aromatic heterocycles. The Hall–Kier alpha value is -2.71. The van der Waals surface area contributed by atoms with Gasteiger partial charge in [0.1, 0.15) is 11.3 Å². The zero-order valence-corrected chi connectivity index (χ0v) is 11.6. The van der Waals surface area contributed by atoms with Crippen molar-refractivity contribution in [1.29, 1.82) is 0 Å². The number of rotatable bonds is 3. The number of nitro benzene ring substituents is 1. The van der Waals surface area contributed by atoms with Crippen LogP contribution in [0.25, 0.3) is 0 Å². The molecular weight excluding hydrogens is 319 g/mol. The number of ether oxygens (including phenoxy) is 1. The van der Waals surface area contributed by atoms with Crippen LogP contribution in [0.1, 0.15) is 35.2 Å². The van der Waals surface area contributed by atoms with Crippen molar-refractivity contribution in [3.05, 3.63) is 51.3 Å². The number of carbonyl (C=O) groups is 2. The molecule has 1 aromatic rings. The summed E-state index contributed by atoms with van der Waals surface area (Å²) >= 11 is 0. The summed E-state index contributed by atoms with van der Waals surface area (Å²) in [5.41, 5.74) is -2.86. The number of esters is 1. The Morgan fingerprint density at radius 1 is 1.26 bits per heavy atom. The minimum Gasteiger partial charge on any atom is -0.427 e. The summed E-state index contributed by atoms with van der Waals surface area (Å²) in [6, 6.07) is 1.52. The molecule has 0 N–H and O–H groups in total. The van der Waals surface area contributed by atoms with E-state index in [9.17, 15) is 32.9 Å². The minimum absolute atomic E-state index is 0.0421. The first-order valence-corrected chi connectivity index (χ1v) is 6.49. The summed E-state index contributed by atoms with van der Waals surface area (Å²) in [6.07, 6.45) is -2.59. The fourth-order valence-corrected chi connectivity index (χ4v) is 2.05. The first-order valence-electron chi connectivity index (χ1n) is 6.49. The molecule has 6 nitrogen and oxygen atoms in total. The van der Waals surface area contributed by atoms with Crippen LogP contribution < -0.4 is 0 Å². The highest BCUT2D eigenvalue weighted by Gasteiger charge is 2.34. The monoisotopic (exact) mass is 329 g/mol. The molecule has 0 aliphatic heterocycles. The topological polar surface area (TPSA) is 86.5 Å². The predicted molar refractivity (Wildman–Crippen MR) is 70.5 cm³/mol. The predicted octanol–water partition coefficient (Wildman–Crippen LogP) is 3.41. The quantitative estimate of drug-likeness (QED) is 0.482.